The van der Waals surface area contributed by atoms with E-state index in [0.29, 0.717) is 36.0 Å². The van der Waals surface area contributed by atoms with Crippen molar-refractivity contribution in [2.45, 2.75) is 38.0 Å². The van der Waals surface area contributed by atoms with Gasteiger partial charge >= 0.3 is 0 Å². The smallest absolute Gasteiger partial charge is 0.253 e. The minimum atomic E-state index is -3.52. The average molecular weight is 419 g/mol. The molecule has 7 heteroatoms. The van der Waals surface area contributed by atoms with Crippen LogP contribution in [0.15, 0.2) is 47.4 Å². The number of carbonyl (C=O) groups is 1. The molecule has 29 heavy (non-hydrogen) atoms. The molecule has 0 aliphatic carbocycles. The maximum absolute atomic E-state index is 13.0. The molecule has 0 atom stereocenters. The van der Waals surface area contributed by atoms with E-state index in [1.165, 1.54) is 24.3 Å². The van der Waals surface area contributed by atoms with Crippen molar-refractivity contribution in [3.63, 3.8) is 0 Å². The van der Waals surface area contributed by atoms with E-state index < -0.39 is 10.0 Å². The van der Waals surface area contributed by atoms with Gasteiger partial charge in [-0.05, 0) is 74.9 Å². The van der Waals surface area contributed by atoms with Crippen LogP contribution in [0.25, 0.3) is 0 Å². The minimum Gasteiger partial charge on any atom is -0.339 e. The number of piperidine rings is 1. The normalized spacial score (nSPS) is 15.5. The Hall–Kier alpha value is -2.25. The maximum Gasteiger partial charge on any atom is 0.253 e. The predicted molar refractivity (Wildman–Crippen MR) is 111 cm³/mol. The summed E-state index contributed by atoms with van der Waals surface area (Å²) in [6, 6.07) is 10.9. The average Bonchev–Trinajstić information content (AvgIpc) is 2.68. The maximum atomic E-state index is 13.0. The molecule has 1 N–H and O–H groups in total. The number of amides is 1. The molecule has 5 nitrogen and oxygen atoms in total. The van der Waals surface area contributed by atoms with Gasteiger partial charge in [0.05, 0.1) is 4.90 Å². The predicted octanol–water partition coefficient (Wildman–Crippen LogP) is 3.66. The van der Waals surface area contributed by atoms with Crippen LogP contribution in [0.5, 0.6) is 0 Å². The van der Waals surface area contributed by atoms with Crippen LogP contribution >= 0.6 is 0 Å². The number of benzene rings is 2. The summed E-state index contributed by atoms with van der Waals surface area (Å²) in [4.78, 5) is 14.6. The van der Waals surface area contributed by atoms with Crippen molar-refractivity contribution in [1.29, 1.82) is 0 Å². The number of nitrogens with one attached hydrogen (secondary N) is 1. The molecule has 1 heterocycles. The number of halogens is 1. The van der Waals surface area contributed by atoms with Crippen molar-refractivity contribution in [2.24, 2.45) is 5.92 Å². The van der Waals surface area contributed by atoms with Gasteiger partial charge in [-0.25, -0.2) is 17.5 Å². The first-order chi connectivity index (χ1) is 13.8. The number of aryl methyl sites for hydroxylation is 2. The first-order valence-electron chi connectivity index (χ1n) is 9.88. The fourth-order valence-corrected chi connectivity index (χ4v) is 5.05. The first kappa shape index (κ1) is 21.5. The number of hydrogen-bond acceptors (Lipinski definition) is 3. The molecule has 156 valence electrons. The van der Waals surface area contributed by atoms with E-state index in [2.05, 4.69) is 4.72 Å². The molecule has 1 aliphatic rings. The van der Waals surface area contributed by atoms with Gasteiger partial charge in [-0.15, -0.1) is 0 Å². The molecule has 2 aromatic carbocycles. The largest absolute Gasteiger partial charge is 0.339 e. The Bertz CT molecular complexity index is 966. The molecule has 0 radical (unpaired) electrons. The van der Waals surface area contributed by atoms with Crippen LogP contribution in [0.2, 0.25) is 0 Å². The zero-order valence-electron chi connectivity index (χ0n) is 16.8. The first-order valence-corrected chi connectivity index (χ1v) is 11.4. The van der Waals surface area contributed by atoms with Gasteiger partial charge in [0.25, 0.3) is 5.91 Å². The topological polar surface area (TPSA) is 66.5 Å². The molecular weight excluding hydrogens is 391 g/mol. The molecule has 1 fully saturated rings. The summed E-state index contributed by atoms with van der Waals surface area (Å²) >= 11 is 0. The van der Waals surface area contributed by atoms with Crippen LogP contribution in [0, 0.1) is 25.6 Å². The van der Waals surface area contributed by atoms with E-state index >= 15 is 0 Å². The molecule has 3 rings (SSSR count). The number of nitrogens with zero attached hydrogens (tertiary/aromatic N) is 1. The Balaban J connectivity index is 1.47. The van der Waals surface area contributed by atoms with E-state index in [4.69, 9.17) is 0 Å². The van der Waals surface area contributed by atoms with E-state index in [9.17, 15) is 17.6 Å². The molecule has 1 amide bonds. The van der Waals surface area contributed by atoms with Gasteiger partial charge in [0.1, 0.15) is 5.82 Å². The molecule has 0 spiro atoms. The fraction of sp³-hybridized carbons (Fsp3) is 0.409. The number of rotatable bonds is 6. The van der Waals surface area contributed by atoms with Crippen LogP contribution in [0.4, 0.5) is 4.39 Å². The summed E-state index contributed by atoms with van der Waals surface area (Å²) < 4.78 is 40.8. The van der Waals surface area contributed by atoms with Gasteiger partial charge in [-0.1, -0.05) is 17.7 Å². The molecular formula is C22H27FN2O3S. The van der Waals surface area contributed by atoms with Gasteiger partial charge in [0.2, 0.25) is 10.0 Å². The summed E-state index contributed by atoms with van der Waals surface area (Å²) in [5.74, 6) is -0.0726. The summed E-state index contributed by atoms with van der Waals surface area (Å²) in [6.07, 6.45) is 2.40. The quantitative estimate of drug-likeness (QED) is 0.779. The highest BCUT2D eigenvalue weighted by Crippen LogP contribution is 2.22. The van der Waals surface area contributed by atoms with Gasteiger partial charge in [-0.2, -0.15) is 0 Å². The van der Waals surface area contributed by atoms with Crippen LogP contribution in [0.1, 0.15) is 40.7 Å². The molecule has 1 aliphatic heterocycles. The Morgan fingerprint density at radius 3 is 2.38 bits per heavy atom. The van der Waals surface area contributed by atoms with Crippen molar-refractivity contribution < 1.29 is 17.6 Å². The number of sulfonamides is 1. The van der Waals surface area contributed by atoms with E-state index in [1.807, 2.05) is 13.0 Å². The molecule has 1 saturated heterocycles. The second kappa shape index (κ2) is 9.05. The van der Waals surface area contributed by atoms with E-state index in [-0.39, 0.29) is 11.7 Å². The molecule has 0 bridgehead atoms. The summed E-state index contributed by atoms with van der Waals surface area (Å²) in [5, 5.41) is 0. The zero-order valence-corrected chi connectivity index (χ0v) is 17.6. The minimum absolute atomic E-state index is 0.0843. The van der Waals surface area contributed by atoms with Crippen LogP contribution in [-0.4, -0.2) is 38.9 Å². The summed E-state index contributed by atoms with van der Waals surface area (Å²) in [7, 11) is -3.52. The van der Waals surface area contributed by atoms with Gasteiger partial charge < -0.3 is 4.90 Å². The lowest BCUT2D eigenvalue weighted by Gasteiger charge is -2.32. The standard InChI is InChI=1S/C22H27FN2O3S/c1-16-3-8-21(17(2)15-16)29(27,28)24-12-9-18-10-13-25(14-11-18)22(26)19-4-6-20(23)7-5-19/h3-8,15,18,24H,9-14H2,1-2H3. The second-order valence-corrected chi connectivity index (χ2v) is 9.43. The van der Waals surface area contributed by atoms with Crippen molar-refractivity contribution in [1.82, 2.24) is 9.62 Å². The van der Waals surface area contributed by atoms with Gasteiger partial charge in [0.15, 0.2) is 0 Å². The fourth-order valence-electron chi connectivity index (χ4n) is 3.78. The van der Waals surface area contributed by atoms with Crippen molar-refractivity contribution in [2.75, 3.05) is 19.6 Å². The Morgan fingerprint density at radius 2 is 1.76 bits per heavy atom. The lowest BCUT2D eigenvalue weighted by Crippen LogP contribution is -2.39. The Kier molecular flexibility index (Phi) is 6.70. The summed E-state index contributed by atoms with van der Waals surface area (Å²) in [5.41, 5.74) is 2.26. The number of likely N-dealkylation sites (tertiary alicyclic amines) is 1. The molecule has 0 unspecified atom stereocenters. The van der Waals surface area contributed by atoms with Crippen molar-refractivity contribution in [3.8, 4) is 0 Å². The van der Waals surface area contributed by atoms with Gasteiger partial charge in [0, 0.05) is 25.2 Å². The molecule has 2 aromatic rings. The zero-order chi connectivity index (χ0) is 21.0. The highest BCUT2D eigenvalue weighted by Gasteiger charge is 2.24. The van der Waals surface area contributed by atoms with Crippen LogP contribution < -0.4 is 4.72 Å². The second-order valence-electron chi connectivity index (χ2n) is 7.70. The van der Waals surface area contributed by atoms with Crippen molar-refractivity contribution in [3.05, 3.63) is 65.0 Å². The highest BCUT2D eigenvalue weighted by atomic mass is 32.2. The third-order valence-corrected chi connectivity index (χ3v) is 7.08. The SMILES string of the molecule is Cc1ccc(S(=O)(=O)NCCC2CCN(C(=O)c3ccc(F)cc3)CC2)c(C)c1. The highest BCUT2D eigenvalue weighted by molar-refractivity contribution is 7.89. The van der Waals surface area contributed by atoms with E-state index in [0.717, 1.165) is 30.4 Å². The molecule has 0 aromatic heterocycles. The van der Waals surface area contributed by atoms with Crippen LogP contribution in [0.3, 0.4) is 0 Å². The lowest BCUT2D eigenvalue weighted by atomic mass is 9.93. The lowest BCUT2D eigenvalue weighted by molar-refractivity contribution is 0.0687. The summed E-state index contributed by atoms with van der Waals surface area (Å²) in [6.45, 7) is 5.38. The molecule has 0 saturated carbocycles. The monoisotopic (exact) mass is 418 g/mol. The number of hydrogen-bond donors (Lipinski definition) is 1. The third kappa shape index (κ3) is 5.42. The number of carbonyl (C=O) groups excluding carboxylic acids is 1. The Morgan fingerprint density at radius 1 is 1.10 bits per heavy atom. The van der Waals surface area contributed by atoms with E-state index in [1.54, 1.807) is 24.0 Å². The van der Waals surface area contributed by atoms with Gasteiger partial charge in [-0.3, -0.25) is 4.79 Å². The van der Waals surface area contributed by atoms with Crippen molar-refractivity contribution >= 4 is 15.9 Å². The Labute approximate surface area is 172 Å². The third-order valence-electron chi connectivity index (χ3n) is 5.46. The van der Waals surface area contributed by atoms with Crippen LogP contribution in [-0.2, 0) is 10.0 Å².